The van der Waals surface area contributed by atoms with Crippen molar-refractivity contribution in [2.45, 2.75) is 19.0 Å². The van der Waals surface area contributed by atoms with E-state index in [2.05, 4.69) is 4.98 Å². The number of fused-ring (bicyclic) bond motifs is 1. The Morgan fingerprint density at radius 1 is 1.50 bits per heavy atom. The van der Waals surface area contributed by atoms with Gasteiger partial charge in [-0.3, -0.25) is 9.59 Å². The van der Waals surface area contributed by atoms with Gasteiger partial charge in [-0.1, -0.05) is 0 Å². The van der Waals surface area contributed by atoms with Gasteiger partial charge in [-0.15, -0.1) is 11.3 Å². The van der Waals surface area contributed by atoms with Crippen LogP contribution in [0.25, 0.3) is 10.1 Å². The van der Waals surface area contributed by atoms with Crippen LogP contribution in [0.4, 0.5) is 0 Å². The molecule has 1 fully saturated rings. The topological polar surface area (TPSA) is 79.2 Å². The highest BCUT2D eigenvalue weighted by Gasteiger charge is 2.28. The summed E-state index contributed by atoms with van der Waals surface area (Å²) in [4.78, 5) is 27.8. The van der Waals surface area contributed by atoms with E-state index in [4.69, 9.17) is 5.73 Å². The fourth-order valence-electron chi connectivity index (χ4n) is 2.28. The number of aromatic nitrogens is 1. The minimum Gasteiger partial charge on any atom is -0.337 e. The van der Waals surface area contributed by atoms with Gasteiger partial charge in [-0.25, -0.2) is 0 Å². The molecule has 3 rings (SSSR count). The molecule has 0 aromatic carbocycles. The Bertz CT molecular complexity index is 661. The zero-order chi connectivity index (χ0) is 12.7. The van der Waals surface area contributed by atoms with Gasteiger partial charge in [0.05, 0.1) is 10.7 Å². The van der Waals surface area contributed by atoms with Crippen LogP contribution in [0.3, 0.4) is 0 Å². The highest BCUT2D eigenvalue weighted by atomic mass is 32.1. The molecule has 0 saturated carbocycles. The second-order valence-electron chi connectivity index (χ2n) is 4.47. The summed E-state index contributed by atoms with van der Waals surface area (Å²) >= 11 is 1.41. The molecule has 1 unspecified atom stereocenters. The number of hydrogen-bond donors (Lipinski definition) is 2. The van der Waals surface area contributed by atoms with Crippen molar-refractivity contribution in [3.8, 4) is 0 Å². The lowest BCUT2D eigenvalue weighted by molar-refractivity contribution is -0.129. The van der Waals surface area contributed by atoms with Crippen LogP contribution in [-0.2, 0) is 11.3 Å². The first kappa shape index (κ1) is 11.4. The van der Waals surface area contributed by atoms with Crippen molar-refractivity contribution in [2.24, 2.45) is 5.73 Å². The van der Waals surface area contributed by atoms with E-state index in [1.54, 1.807) is 11.1 Å². The van der Waals surface area contributed by atoms with Crippen LogP contribution in [0.15, 0.2) is 22.4 Å². The summed E-state index contributed by atoms with van der Waals surface area (Å²) in [5.74, 6) is -0.000749. The van der Waals surface area contributed by atoms with Gasteiger partial charge in [0, 0.05) is 24.7 Å². The van der Waals surface area contributed by atoms with E-state index >= 15 is 0 Å². The smallest absolute Gasteiger partial charge is 0.265 e. The highest BCUT2D eigenvalue weighted by molar-refractivity contribution is 7.17. The lowest BCUT2D eigenvalue weighted by Crippen LogP contribution is -2.33. The number of nitrogens with two attached hydrogens (primary N) is 1. The number of nitrogens with one attached hydrogen (secondary N) is 1. The number of amides is 1. The monoisotopic (exact) mass is 263 g/mol. The van der Waals surface area contributed by atoms with Crippen LogP contribution in [-0.4, -0.2) is 28.4 Å². The van der Waals surface area contributed by atoms with E-state index in [0.717, 1.165) is 10.9 Å². The zero-order valence-electron chi connectivity index (χ0n) is 9.68. The fourth-order valence-corrected chi connectivity index (χ4v) is 3.23. The lowest BCUT2D eigenvalue weighted by Gasteiger charge is -2.15. The molecule has 18 heavy (non-hydrogen) atoms. The van der Waals surface area contributed by atoms with Gasteiger partial charge in [0.1, 0.15) is 0 Å². The highest BCUT2D eigenvalue weighted by Crippen LogP contribution is 2.25. The molecular formula is C12H13N3O2S. The van der Waals surface area contributed by atoms with Crippen molar-refractivity contribution in [3.05, 3.63) is 33.6 Å². The Balaban J connectivity index is 1.94. The molecule has 0 bridgehead atoms. The third-order valence-electron chi connectivity index (χ3n) is 3.28. The standard InChI is InChI=1S/C12H13N3O2S/c13-9-2-4-15(12(9)17)5-7-6-18-10-8(7)1-3-14-11(10)16/h1,3,6,9H,2,4-5,13H2,(H,14,16). The van der Waals surface area contributed by atoms with Gasteiger partial charge in [-0.05, 0) is 23.4 Å². The summed E-state index contributed by atoms with van der Waals surface area (Å²) in [6.07, 6.45) is 2.35. The zero-order valence-corrected chi connectivity index (χ0v) is 10.5. The summed E-state index contributed by atoms with van der Waals surface area (Å²) in [6.45, 7) is 1.23. The Labute approximate surface area is 107 Å². The molecule has 1 saturated heterocycles. The number of thiophene rings is 1. The van der Waals surface area contributed by atoms with Crippen LogP contribution >= 0.6 is 11.3 Å². The number of hydrogen-bond acceptors (Lipinski definition) is 4. The van der Waals surface area contributed by atoms with E-state index in [9.17, 15) is 9.59 Å². The molecule has 2 aromatic rings. The number of carbonyl (C=O) groups is 1. The molecule has 1 amide bonds. The molecule has 3 N–H and O–H groups in total. The van der Waals surface area contributed by atoms with Crippen molar-refractivity contribution in [1.29, 1.82) is 0 Å². The lowest BCUT2D eigenvalue weighted by atomic mass is 10.2. The summed E-state index contributed by atoms with van der Waals surface area (Å²) in [5.41, 5.74) is 6.63. The quantitative estimate of drug-likeness (QED) is 0.835. The first-order chi connectivity index (χ1) is 8.66. The molecule has 94 valence electrons. The number of rotatable bonds is 2. The Morgan fingerprint density at radius 2 is 2.33 bits per heavy atom. The molecule has 1 atom stereocenters. The predicted molar refractivity (Wildman–Crippen MR) is 70.5 cm³/mol. The molecule has 0 spiro atoms. The number of carbonyl (C=O) groups excluding carboxylic acids is 1. The minimum atomic E-state index is -0.363. The van der Waals surface area contributed by atoms with Crippen molar-refractivity contribution in [1.82, 2.24) is 9.88 Å². The van der Waals surface area contributed by atoms with Crippen molar-refractivity contribution >= 4 is 27.3 Å². The second-order valence-corrected chi connectivity index (χ2v) is 5.35. The summed E-state index contributed by atoms with van der Waals surface area (Å²) in [6, 6.07) is 1.52. The summed E-state index contributed by atoms with van der Waals surface area (Å²) in [7, 11) is 0. The summed E-state index contributed by atoms with van der Waals surface area (Å²) in [5, 5.41) is 2.87. The third-order valence-corrected chi connectivity index (χ3v) is 4.32. The van der Waals surface area contributed by atoms with Crippen molar-refractivity contribution in [2.75, 3.05) is 6.54 Å². The van der Waals surface area contributed by atoms with Gasteiger partial charge in [0.15, 0.2) is 0 Å². The molecule has 6 heteroatoms. The van der Waals surface area contributed by atoms with Gasteiger partial charge in [-0.2, -0.15) is 0 Å². The van der Waals surface area contributed by atoms with Crippen LogP contribution in [0.5, 0.6) is 0 Å². The Morgan fingerprint density at radius 3 is 3.06 bits per heavy atom. The SMILES string of the molecule is NC1CCN(Cc2csc3c(=O)[nH]ccc23)C1=O. The van der Waals surface area contributed by atoms with E-state index in [0.29, 0.717) is 24.2 Å². The average molecular weight is 263 g/mol. The van der Waals surface area contributed by atoms with Crippen LogP contribution in [0.1, 0.15) is 12.0 Å². The van der Waals surface area contributed by atoms with Gasteiger partial charge in [0.25, 0.3) is 5.56 Å². The van der Waals surface area contributed by atoms with Gasteiger partial charge >= 0.3 is 0 Å². The molecular weight excluding hydrogens is 250 g/mol. The summed E-state index contributed by atoms with van der Waals surface area (Å²) < 4.78 is 0.712. The molecule has 2 aromatic heterocycles. The number of likely N-dealkylation sites (tertiary alicyclic amines) is 1. The normalized spacial score (nSPS) is 19.9. The largest absolute Gasteiger partial charge is 0.337 e. The number of pyridine rings is 1. The minimum absolute atomic E-state index is 0.000749. The number of H-pyrrole nitrogens is 1. The maximum Gasteiger partial charge on any atom is 0.265 e. The maximum absolute atomic E-state index is 11.8. The number of nitrogens with zero attached hydrogens (tertiary/aromatic N) is 1. The second kappa shape index (κ2) is 4.22. The van der Waals surface area contributed by atoms with Crippen LogP contribution < -0.4 is 11.3 Å². The average Bonchev–Trinajstić information content (AvgIpc) is 2.90. The Kier molecular flexibility index (Phi) is 2.68. The molecule has 1 aliphatic heterocycles. The molecule has 0 aliphatic carbocycles. The molecule has 0 radical (unpaired) electrons. The van der Waals surface area contributed by atoms with Gasteiger partial charge < -0.3 is 15.6 Å². The third kappa shape index (κ3) is 1.74. The first-order valence-electron chi connectivity index (χ1n) is 5.79. The van der Waals surface area contributed by atoms with Gasteiger partial charge in [0.2, 0.25) is 5.91 Å². The molecule has 5 nitrogen and oxygen atoms in total. The van der Waals surface area contributed by atoms with E-state index in [1.807, 2.05) is 11.4 Å². The van der Waals surface area contributed by atoms with Crippen LogP contribution in [0, 0.1) is 0 Å². The van der Waals surface area contributed by atoms with E-state index in [1.165, 1.54) is 11.3 Å². The van der Waals surface area contributed by atoms with E-state index < -0.39 is 0 Å². The van der Waals surface area contributed by atoms with Crippen molar-refractivity contribution in [3.63, 3.8) is 0 Å². The maximum atomic E-state index is 11.8. The fraction of sp³-hybridized carbons (Fsp3) is 0.333. The molecule has 1 aliphatic rings. The first-order valence-corrected chi connectivity index (χ1v) is 6.67. The molecule has 3 heterocycles. The van der Waals surface area contributed by atoms with Crippen LogP contribution in [0.2, 0.25) is 0 Å². The van der Waals surface area contributed by atoms with Crippen molar-refractivity contribution < 1.29 is 4.79 Å². The number of aromatic amines is 1. The predicted octanol–water partition coefficient (Wildman–Crippen LogP) is 0.649. The van der Waals surface area contributed by atoms with E-state index in [-0.39, 0.29) is 17.5 Å². The Hall–Kier alpha value is -1.66.